The lowest BCUT2D eigenvalue weighted by Crippen LogP contribution is -2.18. The van der Waals surface area contributed by atoms with Crippen molar-refractivity contribution in [1.82, 2.24) is 10.2 Å². The van der Waals surface area contributed by atoms with Gasteiger partial charge in [-0.15, -0.1) is 0 Å². The predicted octanol–water partition coefficient (Wildman–Crippen LogP) is 1.72. The number of aromatic amines is 1. The molecule has 0 amide bonds. The zero-order chi connectivity index (χ0) is 8.39. The fourth-order valence-corrected chi connectivity index (χ4v) is 2.63. The minimum Gasteiger partial charge on any atom is -0.379 e. The average molecular weight is 183 g/mol. The van der Waals surface area contributed by atoms with Gasteiger partial charge in [0.05, 0.1) is 11.9 Å². The Hall–Kier alpha value is -0.640. The van der Waals surface area contributed by atoms with Crippen LogP contribution in [0, 0.1) is 0 Å². The van der Waals surface area contributed by atoms with Gasteiger partial charge in [0.1, 0.15) is 0 Å². The second-order valence-electron chi connectivity index (χ2n) is 3.21. The fourth-order valence-electron chi connectivity index (χ4n) is 1.48. The van der Waals surface area contributed by atoms with Gasteiger partial charge in [0.2, 0.25) is 0 Å². The van der Waals surface area contributed by atoms with Crippen LogP contribution < -0.4 is 5.32 Å². The van der Waals surface area contributed by atoms with E-state index >= 15 is 0 Å². The van der Waals surface area contributed by atoms with Crippen molar-refractivity contribution in [2.45, 2.75) is 24.6 Å². The van der Waals surface area contributed by atoms with Crippen molar-refractivity contribution < 1.29 is 0 Å². The quantitative estimate of drug-likeness (QED) is 0.733. The molecule has 2 atom stereocenters. The largest absolute Gasteiger partial charge is 0.379 e. The van der Waals surface area contributed by atoms with E-state index < -0.39 is 0 Å². The van der Waals surface area contributed by atoms with Gasteiger partial charge in [-0.1, -0.05) is 6.92 Å². The highest BCUT2D eigenvalue weighted by atomic mass is 32.2. The third-order valence-electron chi connectivity index (χ3n) is 2.07. The molecule has 2 rings (SSSR count). The highest BCUT2D eigenvalue weighted by molar-refractivity contribution is 8.00. The van der Waals surface area contributed by atoms with Gasteiger partial charge in [-0.3, -0.25) is 5.10 Å². The maximum absolute atomic E-state index is 3.89. The van der Waals surface area contributed by atoms with Crippen molar-refractivity contribution in [3.63, 3.8) is 0 Å². The third kappa shape index (κ3) is 1.75. The number of hydrogen-bond acceptors (Lipinski definition) is 3. The van der Waals surface area contributed by atoms with Crippen LogP contribution in [0.15, 0.2) is 12.4 Å². The van der Waals surface area contributed by atoms with Gasteiger partial charge in [0, 0.05) is 23.2 Å². The molecule has 0 radical (unpaired) electrons. The minimum absolute atomic E-state index is 0.627. The van der Waals surface area contributed by atoms with Gasteiger partial charge in [0.15, 0.2) is 0 Å². The second-order valence-corrected chi connectivity index (χ2v) is 4.68. The number of hydrogen-bond donors (Lipinski definition) is 2. The van der Waals surface area contributed by atoms with Gasteiger partial charge < -0.3 is 5.32 Å². The Balaban J connectivity index is 1.88. The SMILES string of the molecule is CC1CC(Nc2cn[nH]c2)CS1. The van der Waals surface area contributed by atoms with Crippen molar-refractivity contribution in [3.05, 3.63) is 12.4 Å². The van der Waals surface area contributed by atoms with Crippen LogP contribution in [0.4, 0.5) is 5.69 Å². The topological polar surface area (TPSA) is 40.7 Å². The predicted molar refractivity (Wildman–Crippen MR) is 52.5 cm³/mol. The summed E-state index contributed by atoms with van der Waals surface area (Å²) in [5, 5.41) is 10.9. The van der Waals surface area contributed by atoms with Crippen LogP contribution in [-0.2, 0) is 0 Å². The van der Waals surface area contributed by atoms with E-state index in [0.717, 1.165) is 10.9 Å². The van der Waals surface area contributed by atoms with Crippen molar-refractivity contribution >= 4 is 17.4 Å². The van der Waals surface area contributed by atoms with Crippen LogP contribution in [0.3, 0.4) is 0 Å². The molecule has 2 unspecified atom stereocenters. The first-order chi connectivity index (χ1) is 5.84. The first-order valence-electron chi connectivity index (χ1n) is 4.21. The Morgan fingerprint density at radius 1 is 1.75 bits per heavy atom. The van der Waals surface area contributed by atoms with Crippen LogP contribution in [0.2, 0.25) is 0 Å². The molecule has 1 fully saturated rings. The summed E-state index contributed by atoms with van der Waals surface area (Å²) in [6, 6.07) is 0.627. The lowest BCUT2D eigenvalue weighted by atomic mass is 10.2. The molecule has 0 saturated carbocycles. The number of rotatable bonds is 2. The highest BCUT2D eigenvalue weighted by Crippen LogP contribution is 2.27. The van der Waals surface area contributed by atoms with Crippen LogP contribution in [0.1, 0.15) is 13.3 Å². The smallest absolute Gasteiger partial charge is 0.0726 e. The maximum atomic E-state index is 3.89. The molecular formula is C8H13N3S. The van der Waals surface area contributed by atoms with Crippen LogP contribution in [0.5, 0.6) is 0 Å². The second kappa shape index (κ2) is 3.39. The molecule has 0 bridgehead atoms. The Morgan fingerprint density at radius 2 is 2.67 bits per heavy atom. The van der Waals surface area contributed by atoms with Crippen molar-refractivity contribution in [3.8, 4) is 0 Å². The number of nitrogens with zero attached hydrogens (tertiary/aromatic N) is 1. The zero-order valence-electron chi connectivity index (χ0n) is 7.08. The number of thioether (sulfide) groups is 1. The Kier molecular flexibility index (Phi) is 2.26. The molecular weight excluding hydrogens is 170 g/mol. The van der Waals surface area contributed by atoms with E-state index in [1.165, 1.54) is 12.2 Å². The minimum atomic E-state index is 0.627. The molecule has 2 heterocycles. The zero-order valence-corrected chi connectivity index (χ0v) is 7.90. The third-order valence-corrected chi connectivity index (χ3v) is 3.42. The Labute approximate surface area is 76.3 Å². The summed E-state index contributed by atoms with van der Waals surface area (Å²) in [5.41, 5.74) is 1.11. The van der Waals surface area contributed by atoms with E-state index in [1.807, 2.05) is 24.2 Å². The first-order valence-corrected chi connectivity index (χ1v) is 5.26. The molecule has 0 aromatic carbocycles. The summed E-state index contributed by atoms with van der Waals surface area (Å²) in [4.78, 5) is 0. The van der Waals surface area contributed by atoms with Crippen molar-refractivity contribution in [1.29, 1.82) is 0 Å². The van der Waals surface area contributed by atoms with Crippen molar-refractivity contribution in [2.24, 2.45) is 0 Å². The molecule has 66 valence electrons. The number of H-pyrrole nitrogens is 1. The van der Waals surface area contributed by atoms with Crippen molar-refractivity contribution in [2.75, 3.05) is 11.1 Å². The number of anilines is 1. The monoisotopic (exact) mass is 183 g/mol. The van der Waals surface area contributed by atoms with E-state index in [4.69, 9.17) is 0 Å². The highest BCUT2D eigenvalue weighted by Gasteiger charge is 2.21. The van der Waals surface area contributed by atoms with Crippen LogP contribution in [-0.4, -0.2) is 27.2 Å². The van der Waals surface area contributed by atoms with E-state index in [9.17, 15) is 0 Å². The molecule has 0 aliphatic carbocycles. The van der Waals surface area contributed by atoms with Crippen LogP contribution >= 0.6 is 11.8 Å². The van der Waals surface area contributed by atoms with E-state index in [1.54, 1.807) is 0 Å². The lowest BCUT2D eigenvalue weighted by molar-refractivity contribution is 0.747. The molecule has 3 nitrogen and oxygen atoms in total. The molecule has 1 aromatic rings. The van der Waals surface area contributed by atoms with Crippen LogP contribution in [0.25, 0.3) is 0 Å². The van der Waals surface area contributed by atoms with Gasteiger partial charge >= 0.3 is 0 Å². The first kappa shape index (κ1) is 7.98. The standard InChI is InChI=1S/C8H13N3S/c1-6-2-7(5-12-6)11-8-3-9-10-4-8/h3-4,6-7,11H,2,5H2,1H3,(H,9,10). The number of aromatic nitrogens is 2. The molecule has 1 aromatic heterocycles. The summed E-state index contributed by atoms with van der Waals surface area (Å²) < 4.78 is 0. The van der Waals surface area contributed by atoms with Gasteiger partial charge in [0.25, 0.3) is 0 Å². The van der Waals surface area contributed by atoms with E-state index in [-0.39, 0.29) is 0 Å². The lowest BCUT2D eigenvalue weighted by Gasteiger charge is -2.09. The maximum Gasteiger partial charge on any atom is 0.0726 e. The fraction of sp³-hybridized carbons (Fsp3) is 0.625. The molecule has 2 N–H and O–H groups in total. The summed E-state index contributed by atoms with van der Waals surface area (Å²) in [6.45, 7) is 2.28. The molecule has 1 aliphatic rings. The molecule has 1 aliphatic heterocycles. The Bertz CT molecular complexity index is 234. The van der Waals surface area contributed by atoms with Gasteiger partial charge in [-0.25, -0.2) is 0 Å². The summed E-state index contributed by atoms with van der Waals surface area (Å²) in [7, 11) is 0. The van der Waals surface area contributed by atoms with E-state index in [2.05, 4.69) is 22.4 Å². The summed E-state index contributed by atoms with van der Waals surface area (Å²) in [5.74, 6) is 1.21. The van der Waals surface area contributed by atoms with E-state index in [0.29, 0.717) is 6.04 Å². The number of nitrogens with one attached hydrogen (secondary N) is 2. The Morgan fingerprint density at radius 3 is 3.25 bits per heavy atom. The normalized spacial score (nSPS) is 29.1. The molecule has 0 spiro atoms. The molecule has 12 heavy (non-hydrogen) atoms. The average Bonchev–Trinajstić information content (AvgIpc) is 2.63. The summed E-state index contributed by atoms with van der Waals surface area (Å²) >= 11 is 2.03. The molecule has 4 heteroatoms. The molecule has 1 saturated heterocycles. The summed E-state index contributed by atoms with van der Waals surface area (Å²) in [6.07, 6.45) is 4.98. The van der Waals surface area contributed by atoms with Gasteiger partial charge in [-0.2, -0.15) is 16.9 Å². The van der Waals surface area contributed by atoms with Gasteiger partial charge in [-0.05, 0) is 6.42 Å².